The van der Waals surface area contributed by atoms with Crippen LogP contribution < -0.4 is 0 Å². The Kier molecular flexibility index (Phi) is 9.77. The first kappa shape index (κ1) is 29.6. The highest BCUT2D eigenvalue weighted by molar-refractivity contribution is 5.73. The second kappa shape index (κ2) is 13.2. The van der Waals surface area contributed by atoms with Crippen molar-refractivity contribution in [3.63, 3.8) is 0 Å². The molecular weight excluding hydrogens is 537 g/mol. The Balaban J connectivity index is 1.84. The number of nitrogens with zero attached hydrogens (tertiary/aromatic N) is 6. The summed E-state index contributed by atoms with van der Waals surface area (Å²) in [6.07, 6.45) is 0. The standard InChI is InChI=1S/C24H22F2N6O8/c25-17-3-13(7-31(9-19(33)34)10-20(35)36)1-15(5-17)23-27-29-24(30-28-23)16-2-14(4-18(26)6-16)8-32(11-21(37)38)12-22(39)40/h1-6H,7-12H2,(H,33,34)(H,35,36)(H,37,38)(H,39,40)/i25-1. The minimum absolute atomic E-state index is 0.116. The highest BCUT2D eigenvalue weighted by atomic mass is 19.1. The lowest BCUT2D eigenvalue weighted by Crippen LogP contribution is -2.34. The van der Waals surface area contributed by atoms with E-state index in [9.17, 15) is 28.0 Å². The van der Waals surface area contributed by atoms with Crippen molar-refractivity contribution >= 4 is 23.9 Å². The first-order valence-electron chi connectivity index (χ1n) is 11.4. The van der Waals surface area contributed by atoms with Gasteiger partial charge in [0.2, 0.25) is 11.6 Å². The van der Waals surface area contributed by atoms with Crippen LogP contribution in [-0.4, -0.2) is 101 Å². The van der Waals surface area contributed by atoms with E-state index in [1.807, 2.05) is 0 Å². The van der Waals surface area contributed by atoms with E-state index in [1.165, 1.54) is 12.1 Å². The number of carboxylic acids is 4. The average molecular weight is 559 g/mol. The summed E-state index contributed by atoms with van der Waals surface area (Å²) in [6, 6.07) is 7.17. The minimum atomic E-state index is -1.26. The molecule has 40 heavy (non-hydrogen) atoms. The molecule has 0 saturated carbocycles. The monoisotopic (exact) mass is 559 g/mol. The van der Waals surface area contributed by atoms with Gasteiger partial charge in [0.1, 0.15) is 11.6 Å². The third-order valence-electron chi connectivity index (χ3n) is 5.16. The molecular formula is C24H22F2N6O8. The van der Waals surface area contributed by atoms with Gasteiger partial charge in [-0.05, 0) is 47.5 Å². The van der Waals surface area contributed by atoms with Crippen molar-refractivity contribution in [2.75, 3.05) is 26.2 Å². The van der Waals surface area contributed by atoms with E-state index >= 15 is 0 Å². The zero-order valence-electron chi connectivity index (χ0n) is 20.6. The Morgan fingerprint density at radius 2 is 0.850 bits per heavy atom. The Labute approximate surface area is 224 Å². The Bertz CT molecular complexity index is 1280. The van der Waals surface area contributed by atoms with Gasteiger partial charge in [-0.2, -0.15) is 0 Å². The van der Waals surface area contributed by atoms with E-state index < -0.39 is 61.7 Å². The van der Waals surface area contributed by atoms with Crippen molar-refractivity contribution in [2.24, 2.45) is 0 Å². The maximum atomic E-state index is 14.3. The first-order valence-corrected chi connectivity index (χ1v) is 11.4. The van der Waals surface area contributed by atoms with Gasteiger partial charge in [0.05, 0.1) is 26.2 Å². The van der Waals surface area contributed by atoms with Crippen LogP contribution in [0.4, 0.5) is 8.78 Å². The molecule has 2 aromatic carbocycles. The molecule has 0 atom stereocenters. The number of hydrogen-bond acceptors (Lipinski definition) is 10. The lowest BCUT2D eigenvalue weighted by Gasteiger charge is -2.18. The zero-order valence-corrected chi connectivity index (χ0v) is 20.6. The lowest BCUT2D eigenvalue weighted by molar-refractivity contribution is -0.144. The molecule has 0 saturated heterocycles. The third kappa shape index (κ3) is 9.10. The van der Waals surface area contributed by atoms with E-state index in [4.69, 9.17) is 20.4 Å². The van der Waals surface area contributed by atoms with Crippen LogP contribution in [0.3, 0.4) is 0 Å². The predicted octanol–water partition coefficient (Wildman–Crippen LogP) is 0.821. The minimum Gasteiger partial charge on any atom is -0.480 e. The van der Waals surface area contributed by atoms with Crippen LogP contribution in [0.5, 0.6) is 0 Å². The number of carbonyl (C=O) groups is 4. The van der Waals surface area contributed by atoms with Gasteiger partial charge in [0.25, 0.3) is 0 Å². The Morgan fingerprint density at radius 3 is 1.12 bits per heavy atom. The van der Waals surface area contributed by atoms with Crippen LogP contribution in [0.1, 0.15) is 11.1 Å². The summed E-state index contributed by atoms with van der Waals surface area (Å²) in [5.74, 6) is -6.76. The number of aliphatic carboxylic acids is 4. The van der Waals surface area contributed by atoms with Crippen LogP contribution in [0.15, 0.2) is 36.4 Å². The van der Waals surface area contributed by atoms with E-state index in [-0.39, 0.29) is 47.0 Å². The summed E-state index contributed by atoms with van der Waals surface area (Å²) in [4.78, 5) is 46.4. The molecule has 210 valence electrons. The number of rotatable bonds is 14. The fourth-order valence-electron chi connectivity index (χ4n) is 3.82. The van der Waals surface area contributed by atoms with Gasteiger partial charge in [-0.25, -0.2) is 8.78 Å². The Morgan fingerprint density at radius 1 is 0.550 bits per heavy atom. The van der Waals surface area contributed by atoms with Crippen LogP contribution in [0.2, 0.25) is 0 Å². The topological polar surface area (TPSA) is 207 Å². The van der Waals surface area contributed by atoms with Crippen LogP contribution in [0, 0.1) is 11.6 Å². The molecule has 0 aliphatic carbocycles. The van der Waals surface area contributed by atoms with Gasteiger partial charge in [-0.1, -0.05) is 0 Å². The van der Waals surface area contributed by atoms with Crippen molar-refractivity contribution in [3.05, 3.63) is 59.2 Å². The SMILES string of the molecule is O=C(O)CN(CC(=O)O)Cc1cc(F)cc(-c2nnc(-c3cc([18F])cc(CN(CC(=O)O)CC(=O)O)c3)nn2)c1. The predicted molar refractivity (Wildman–Crippen MR) is 130 cm³/mol. The quantitative estimate of drug-likeness (QED) is 0.216. The van der Waals surface area contributed by atoms with Gasteiger partial charge >= 0.3 is 23.9 Å². The maximum Gasteiger partial charge on any atom is 0.317 e. The molecule has 3 aromatic rings. The normalized spacial score (nSPS) is 11.1. The largest absolute Gasteiger partial charge is 0.480 e. The molecule has 0 bridgehead atoms. The van der Waals surface area contributed by atoms with Crippen LogP contribution in [-0.2, 0) is 32.3 Å². The van der Waals surface area contributed by atoms with E-state index in [2.05, 4.69) is 20.4 Å². The third-order valence-corrected chi connectivity index (χ3v) is 5.16. The summed E-state index contributed by atoms with van der Waals surface area (Å²) in [7, 11) is 0. The molecule has 0 aliphatic heterocycles. The number of hydrogen-bond donors (Lipinski definition) is 4. The number of benzene rings is 2. The van der Waals surface area contributed by atoms with Crippen molar-refractivity contribution < 1.29 is 48.4 Å². The average Bonchev–Trinajstić information content (AvgIpc) is 2.81. The molecule has 1 aromatic heterocycles. The van der Waals surface area contributed by atoms with Gasteiger partial charge < -0.3 is 20.4 Å². The van der Waals surface area contributed by atoms with Gasteiger partial charge in [0.15, 0.2) is 0 Å². The van der Waals surface area contributed by atoms with Gasteiger partial charge in [0, 0.05) is 24.2 Å². The molecule has 0 spiro atoms. The van der Waals surface area contributed by atoms with Crippen molar-refractivity contribution in [1.82, 2.24) is 30.2 Å². The van der Waals surface area contributed by atoms with Crippen LogP contribution >= 0.6 is 0 Å². The highest BCUT2D eigenvalue weighted by Crippen LogP contribution is 2.22. The summed E-state index contributed by atoms with van der Waals surface area (Å²) in [6.45, 7) is -2.76. The van der Waals surface area contributed by atoms with Gasteiger partial charge in [-0.3, -0.25) is 29.0 Å². The molecule has 16 heteroatoms. The second-order valence-electron chi connectivity index (χ2n) is 8.61. The smallest absolute Gasteiger partial charge is 0.317 e. The molecule has 0 radical (unpaired) electrons. The van der Waals surface area contributed by atoms with E-state index in [0.717, 1.165) is 34.1 Å². The Hall–Kier alpha value is -4.96. The summed E-state index contributed by atoms with van der Waals surface area (Å²) in [5, 5.41) is 51.6. The van der Waals surface area contributed by atoms with Crippen molar-refractivity contribution in [2.45, 2.75) is 13.1 Å². The van der Waals surface area contributed by atoms with Gasteiger partial charge in [-0.15, -0.1) is 20.4 Å². The second-order valence-corrected chi connectivity index (χ2v) is 8.61. The maximum absolute atomic E-state index is 14.3. The van der Waals surface area contributed by atoms with Crippen LogP contribution in [0.25, 0.3) is 22.8 Å². The van der Waals surface area contributed by atoms with E-state index in [0.29, 0.717) is 0 Å². The molecule has 14 nitrogen and oxygen atoms in total. The first-order chi connectivity index (χ1) is 18.9. The number of halogens is 2. The lowest BCUT2D eigenvalue weighted by atomic mass is 10.1. The molecule has 0 fully saturated rings. The fraction of sp³-hybridized carbons (Fsp3) is 0.250. The fourth-order valence-corrected chi connectivity index (χ4v) is 3.82. The molecule has 4 N–H and O–H groups in total. The zero-order chi connectivity index (χ0) is 29.4. The molecule has 0 unspecified atom stereocenters. The van der Waals surface area contributed by atoms with Crippen molar-refractivity contribution in [3.8, 4) is 22.8 Å². The molecule has 1 heterocycles. The van der Waals surface area contributed by atoms with Crippen molar-refractivity contribution in [1.29, 1.82) is 0 Å². The van der Waals surface area contributed by atoms with E-state index in [1.54, 1.807) is 0 Å². The summed E-state index contributed by atoms with van der Waals surface area (Å²) < 4.78 is 28.6. The summed E-state index contributed by atoms with van der Waals surface area (Å²) >= 11 is 0. The highest BCUT2D eigenvalue weighted by Gasteiger charge is 2.18. The molecule has 0 aliphatic rings. The summed E-state index contributed by atoms with van der Waals surface area (Å²) in [5.41, 5.74) is 0.717. The number of aromatic nitrogens is 4. The molecule has 3 rings (SSSR count). The number of carboxylic acid groups (broad SMARTS) is 4. The molecule has 0 amide bonds.